The molecule has 1 aliphatic heterocycles. The Bertz CT molecular complexity index is 2150. The van der Waals surface area contributed by atoms with Gasteiger partial charge in [0.25, 0.3) is 5.56 Å². The van der Waals surface area contributed by atoms with Gasteiger partial charge in [0.05, 0.1) is 48.4 Å². The topological polar surface area (TPSA) is 155 Å². The fourth-order valence-corrected chi connectivity index (χ4v) is 5.73. The van der Waals surface area contributed by atoms with Crippen LogP contribution in [0.3, 0.4) is 0 Å². The lowest BCUT2D eigenvalue weighted by molar-refractivity contribution is -0.119. The summed E-state index contributed by atoms with van der Waals surface area (Å²) in [6.07, 6.45) is 3.76. The van der Waals surface area contributed by atoms with Gasteiger partial charge in [-0.15, -0.1) is 0 Å². The summed E-state index contributed by atoms with van der Waals surface area (Å²) in [5.74, 6) is -0.134. The van der Waals surface area contributed by atoms with Crippen LogP contribution in [0.4, 0.5) is 24.5 Å². The molecule has 5 heterocycles. The molecule has 0 saturated carbocycles. The number of carbonyl (C=O) groups excluding carboxylic acids is 1. The largest absolute Gasteiger partial charge is 0.481 e. The highest BCUT2D eigenvalue weighted by Crippen LogP contribution is 2.34. The van der Waals surface area contributed by atoms with Gasteiger partial charge in [-0.3, -0.25) is 19.1 Å². The Balaban J connectivity index is 1.40. The molecule has 50 heavy (non-hydrogen) atoms. The van der Waals surface area contributed by atoms with Crippen molar-refractivity contribution in [3.8, 4) is 34.1 Å². The van der Waals surface area contributed by atoms with Gasteiger partial charge < -0.3 is 21.1 Å². The van der Waals surface area contributed by atoms with E-state index in [0.717, 1.165) is 0 Å². The number of anilines is 2. The molecule has 2 bridgehead atoms. The molecule has 1 aliphatic rings. The highest BCUT2D eigenvalue weighted by Gasteiger charge is 2.31. The van der Waals surface area contributed by atoms with E-state index in [0.29, 0.717) is 65.2 Å². The molecule has 258 valence electrons. The molecule has 5 aromatic rings. The van der Waals surface area contributed by atoms with E-state index in [2.05, 4.69) is 25.6 Å². The predicted molar refractivity (Wildman–Crippen MR) is 182 cm³/mol. The number of alkyl halides is 3. The van der Waals surface area contributed by atoms with E-state index >= 15 is 0 Å². The lowest BCUT2D eigenvalue weighted by atomic mass is 9.97. The molecule has 1 amide bonds. The SMILES string of the molecule is COc1cc(-n2cc3c(n2)-c2ccnc(c2)C(n2cnc(-c4cc(Cl)ccc4N/C=C(\N)C(F)(F)F)cc2=O)CCCC(C)C(=O)N3)ccn1. The van der Waals surface area contributed by atoms with E-state index in [9.17, 15) is 22.8 Å². The molecule has 2 atom stereocenters. The van der Waals surface area contributed by atoms with Crippen LogP contribution in [0.15, 0.2) is 90.1 Å². The van der Waals surface area contributed by atoms with Gasteiger partial charge in [0.1, 0.15) is 11.4 Å². The molecule has 0 fully saturated rings. The Morgan fingerprint density at radius 3 is 2.64 bits per heavy atom. The van der Waals surface area contributed by atoms with Crippen molar-refractivity contribution in [2.24, 2.45) is 11.7 Å². The number of allylic oxidation sites excluding steroid dienone is 1. The van der Waals surface area contributed by atoms with Crippen LogP contribution in [0.5, 0.6) is 5.88 Å². The number of aromatic nitrogens is 6. The molecule has 0 spiro atoms. The first-order valence-corrected chi connectivity index (χ1v) is 15.8. The van der Waals surface area contributed by atoms with E-state index in [1.807, 2.05) is 13.0 Å². The minimum Gasteiger partial charge on any atom is -0.481 e. The van der Waals surface area contributed by atoms with E-state index in [4.69, 9.17) is 27.2 Å². The van der Waals surface area contributed by atoms with Gasteiger partial charge in [-0.25, -0.2) is 14.6 Å². The Labute approximate surface area is 288 Å². The third kappa shape index (κ3) is 7.32. The number of nitrogens with zero attached hydrogens (tertiary/aromatic N) is 6. The lowest BCUT2D eigenvalue weighted by Crippen LogP contribution is -2.27. The standard InChI is InChI=1S/C34H31ClF3N9O3/c1-19-4-3-5-28(46-18-43-25(15-31(46)48)23-13-21(35)6-7-24(23)42-16-29(39)34(36,37)38)26-12-20(8-10-40-26)32-27(44-33(19)49)17-47(45-32)22-9-11-41-30(14-22)50-2/h6-19,28,42H,3-5,39H2,1-2H3,(H,44,49)/b29-16-. The average molecular weight is 706 g/mol. The molecule has 0 radical (unpaired) electrons. The maximum atomic E-state index is 13.8. The van der Waals surface area contributed by atoms with E-state index in [1.54, 1.807) is 41.5 Å². The van der Waals surface area contributed by atoms with Crippen LogP contribution in [0.25, 0.3) is 28.2 Å². The van der Waals surface area contributed by atoms with Crippen molar-refractivity contribution < 1.29 is 22.7 Å². The summed E-state index contributed by atoms with van der Waals surface area (Å²) in [6.45, 7) is 1.84. The second-order valence-corrected chi connectivity index (χ2v) is 12.1. The monoisotopic (exact) mass is 705 g/mol. The molecular formula is C34H31ClF3N9O3. The van der Waals surface area contributed by atoms with Crippen LogP contribution in [0.2, 0.25) is 5.02 Å². The minimum atomic E-state index is -4.73. The number of hydrogen-bond donors (Lipinski definition) is 3. The number of methoxy groups -OCH3 is 1. The first-order valence-electron chi connectivity index (χ1n) is 15.5. The van der Waals surface area contributed by atoms with Crippen LogP contribution in [-0.4, -0.2) is 48.5 Å². The molecule has 6 rings (SSSR count). The maximum Gasteiger partial charge on any atom is 0.432 e. The number of nitrogens with one attached hydrogen (secondary N) is 2. The predicted octanol–water partition coefficient (Wildman–Crippen LogP) is 6.34. The van der Waals surface area contributed by atoms with Crippen LogP contribution in [-0.2, 0) is 4.79 Å². The van der Waals surface area contributed by atoms with Gasteiger partial charge in [-0.2, -0.15) is 18.3 Å². The third-order valence-corrected chi connectivity index (χ3v) is 8.50. The van der Waals surface area contributed by atoms with Crippen molar-refractivity contribution in [2.45, 2.75) is 38.4 Å². The summed E-state index contributed by atoms with van der Waals surface area (Å²) < 4.78 is 47.3. The molecule has 1 aromatic carbocycles. The first kappa shape index (κ1) is 34.2. The van der Waals surface area contributed by atoms with Crippen LogP contribution in [0, 0.1) is 5.92 Å². The summed E-state index contributed by atoms with van der Waals surface area (Å²) in [5.41, 5.74) is 6.95. The number of halogens is 4. The van der Waals surface area contributed by atoms with Crippen LogP contribution >= 0.6 is 11.6 Å². The average Bonchev–Trinajstić information content (AvgIpc) is 3.52. The molecule has 4 N–H and O–H groups in total. The number of carbonyl (C=O) groups is 1. The van der Waals surface area contributed by atoms with Crippen molar-refractivity contribution >= 4 is 28.9 Å². The van der Waals surface area contributed by atoms with Gasteiger partial charge in [-0.1, -0.05) is 24.9 Å². The number of fused-ring (bicyclic) bond motifs is 4. The molecule has 0 aliphatic carbocycles. The molecule has 16 heteroatoms. The number of hydrogen-bond acceptors (Lipinski definition) is 9. The summed E-state index contributed by atoms with van der Waals surface area (Å²) in [6, 6.07) is 12.2. The van der Waals surface area contributed by atoms with Crippen molar-refractivity contribution in [3.63, 3.8) is 0 Å². The Hall–Kier alpha value is -5.70. The second kappa shape index (κ2) is 14.0. The van der Waals surface area contributed by atoms with E-state index < -0.39 is 23.5 Å². The Morgan fingerprint density at radius 2 is 1.88 bits per heavy atom. The summed E-state index contributed by atoms with van der Waals surface area (Å²) >= 11 is 6.22. The fraction of sp³-hybridized carbons (Fsp3) is 0.235. The summed E-state index contributed by atoms with van der Waals surface area (Å²) in [7, 11) is 1.52. The molecular weight excluding hydrogens is 675 g/mol. The van der Waals surface area contributed by atoms with E-state index in [1.165, 1.54) is 42.3 Å². The molecule has 0 saturated heterocycles. The molecule has 2 unspecified atom stereocenters. The van der Waals surface area contributed by atoms with Gasteiger partial charge >= 0.3 is 6.18 Å². The van der Waals surface area contributed by atoms with Crippen LogP contribution < -0.4 is 26.7 Å². The number of amides is 1. The Kier molecular flexibility index (Phi) is 9.59. The number of nitrogens with two attached hydrogens (primary N) is 1. The first-order chi connectivity index (χ1) is 23.9. The number of ether oxygens (including phenoxy) is 1. The van der Waals surface area contributed by atoms with Crippen LogP contribution in [0.1, 0.15) is 37.9 Å². The second-order valence-electron chi connectivity index (χ2n) is 11.7. The normalized spacial score (nSPS) is 16.8. The zero-order valence-electron chi connectivity index (χ0n) is 26.8. The highest BCUT2D eigenvalue weighted by molar-refractivity contribution is 6.31. The van der Waals surface area contributed by atoms with Gasteiger partial charge in [0.2, 0.25) is 11.8 Å². The number of benzene rings is 1. The number of pyridine rings is 2. The molecule has 12 nitrogen and oxygen atoms in total. The lowest BCUT2D eigenvalue weighted by Gasteiger charge is -2.22. The van der Waals surface area contributed by atoms with Gasteiger partial charge in [-0.05, 0) is 49.2 Å². The van der Waals surface area contributed by atoms with E-state index in [-0.39, 0.29) is 28.2 Å². The minimum absolute atomic E-state index is 0.175. The summed E-state index contributed by atoms with van der Waals surface area (Å²) in [5, 5.41) is 10.6. The highest BCUT2D eigenvalue weighted by atomic mass is 35.5. The maximum absolute atomic E-state index is 13.8. The zero-order chi connectivity index (χ0) is 35.6. The zero-order valence-corrected chi connectivity index (χ0v) is 27.5. The van der Waals surface area contributed by atoms with Crippen molar-refractivity contribution in [3.05, 3.63) is 106 Å². The quantitative estimate of drug-likeness (QED) is 0.184. The van der Waals surface area contributed by atoms with Crippen molar-refractivity contribution in [1.29, 1.82) is 0 Å². The fourth-order valence-electron chi connectivity index (χ4n) is 5.56. The third-order valence-electron chi connectivity index (χ3n) is 8.26. The summed E-state index contributed by atoms with van der Waals surface area (Å²) in [4.78, 5) is 40.4. The van der Waals surface area contributed by atoms with Gasteiger partial charge in [0.15, 0.2) is 0 Å². The smallest absolute Gasteiger partial charge is 0.432 e. The van der Waals surface area contributed by atoms with Crippen molar-refractivity contribution in [2.75, 3.05) is 17.7 Å². The van der Waals surface area contributed by atoms with Gasteiger partial charge in [0, 0.05) is 58.5 Å². The Morgan fingerprint density at radius 1 is 1.08 bits per heavy atom. The number of rotatable bonds is 6. The van der Waals surface area contributed by atoms with Crippen molar-refractivity contribution in [1.82, 2.24) is 29.3 Å². The molecule has 4 aromatic heterocycles.